The summed E-state index contributed by atoms with van der Waals surface area (Å²) in [6.07, 6.45) is 6.75. The van der Waals surface area contributed by atoms with Crippen molar-refractivity contribution in [2.45, 2.75) is 50.6 Å². The van der Waals surface area contributed by atoms with Crippen LogP contribution in [0.1, 0.15) is 38.5 Å². The molecule has 0 aliphatic carbocycles. The molecule has 3 fully saturated rings. The second kappa shape index (κ2) is 4.69. The summed E-state index contributed by atoms with van der Waals surface area (Å²) >= 11 is 0. The second-order valence-electron chi connectivity index (χ2n) is 6.01. The quantitative estimate of drug-likeness (QED) is 0.734. The minimum absolute atomic E-state index is 0.302. The first kappa shape index (κ1) is 11.7. The molecule has 2 atom stereocenters. The highest BCUT2D eigenvalue weighted by Gasteiger charge is 2.42. The van der Waals surface area contributed by atoms with E-state index >= 15 is 0 Å². The first-order chi connectivity index (χ1) is 8.25. The lowest BCUT2D eigenvalue weighted by molar-refractivity contribution is -0.132. The first-order valence-electron chi connectivity index (χ1n) is 7.09. The van der Waals surface area contributed by atoms with Crippen LogP contribution in [0, 0.1) is 11.8 Å². The molecule has 0 N–H and O–H groups in total. The minimum atomic E-state index is 0.302. The number of carbonyl (C=O) groups is 1. The maximum Gasteiger partial charge on any atom is 0.139 e. The zero-order valence-electron chi connectivity index (χ0n) is 10.7. The molecule has 0 aromatic rings. The van der Waals surface area contributed by atoms with E-state index in [2.05, 4.69) is 11.9 Å². The molecule has 0 amide bonds. The van der Waals surface area contributed by atoms with Gasteiger partial charge in [-0.2, -0.15) is 0 Å². The van der Waals surface area contributed by atoms with E-state index in [1.54, 1.807) is 0 Å². The molecule has 3 rings (SSSR count). The molecule has 3 heterocycles. The van der Waals surface area contributed by atoms with Gasteiger partial charge in [-0.15, -0.1) is 0 Å². The summed E-state index contributed by atoms with van der Waals surface area (Å²) in [4.78, 5) is 15.0. The molecule has 17 heavy (non-hydrogen) atoms. The van der Waals surface area contributed by atoms with Crippen LogP contribution in [0.2, 0.25) is 0 Å². The number of ketones is 1. The van der Waals surface area contributed by atoms with E-state index in [1.165, 1.54) is 12.8 Å². The molecule has 0 spiro atoms. The van der Waals surface area contributed by atoms with E-state index in [4.69, 9.17) is 4.74 Å². The van der Waals surface area contributed by atoms with Gasteiger partial charge in [0.25, 0.3) is 0 Å². The Morgan fingerprint density at radius 1 is 1.00 bits per heavy atom. The molecule has 96 valence electrons. The Labute approximate surface area is 104 Å². The lowest BCUT2D eigenvalue weighted by atomic mass is 9.80. The van der Waals surface area contributed by atoms with Crippen LogP contribution in [0.15, 0.2) is 0 Å². The molecule has 0 aromatic carbocycles. The Morgan fingerprint density at radius 3 is 2.18 bits per heavy atom. The van der Waals surface area contributed by atoms with Crippen LogP contribution in [0.3, 0.4) is 0 Å². The summed E-state index contributed by atoms with van der Waals surface area (Å²) in [6.45, 7) is 1.58. The van der Waals surface area contributed by atoms with Crippen LogP contribution >= 0.6 is 0 Å². The number of rotatable bonds is 2. The molecule has 2 bridgehead atoms. The first-order valence-corrected chi connectivity index (χ1v) is 7.09. The molecular formula is C14H23NO2. The van der Waals surface area contributed by atoms with Gasteiger partial charge in [-0.25, -0.2) is 0 Å². The molecule has 3 heteroatoms. The monoisotopic (exact) mass is 237 g/mol. The van der Waals surface area contributed by atoms with Crippen molar-refractivity contribution in [1.29, 1.82) is 0 Å². The van der Waals surface area contributed by atoms with Crippen LogP contribution < -0.4 is 0 Å². The highest BCUT2D eigenvalue weighted by molar-refractivity contribution is 5.83. The number of hydrogen-bond acceptors (Lipinski definition) is 3. The number of nitrogens with zero attached hydrogens (tertiary/aromatic N) is 1. The highest BCUT2D eigenvalue weighted by Crippen LogP contribution is 2.39. The summed E-state index contributed by atoms with van der Waals surface area (Å²) in [5.74, 6) is 1.21. The number of hydrogen-bond donors (Lipinski definition) is 0. The van der Waals surface area contributed by atoms with Crippen molar-refractivity contribution in [3.63, 3.8) is 0 Å². The summed E-state index contributed by atoms with van der Waals surface area (Å²) in [5.41, 5.74) is 0. The fourth-order valence-corrected chi connectivity index (χ4v) is 3.96. The van der Waals surface area contributed by atoms with E-state index in [0.29, 0.717) is 29.7 Å². The number of Topliss-reactive ketones (excluding diaryl/α,β-unsaturated/α-hetero) is 1. The van der Waals surface area contributed by atoms with Gasteiger partial charge in [-0.3, -0.25) is 4.79 Å². The number of ether oxygens (including phenoxy) is 1. The lowest BCUT2D eigenvalue weighted by Crippen LogP contribution is -2.43. The van der Waals surface area contributed by atoms with Crippen LogP contribution in [-0.2, 0) is 9.53 Å². The largest absolute Gasteiger partial charge is 0.381 e. The summed E-state index contributed by atoms with van der Waals surface area (Å²) in [5, 5.41) is 0. The smallest absolute Gasteiger partial charge is 0.139 e. The van der Waals surface area contributed by atoms with Gasteiger partial charge in [0.05, 0.1) is 0 Å². The van der Waals surface area contributed by atoms with Crippen molar-refractivity contribution in [3.05, 3.63) is 0 Å². The van der Waals surface area contributed by atoms with Crippen LogP contribution in [0.25, 0.3) is 0 Å². The Kier molecular flexibility index (Phi) is 3.22. The fourth-order valence-electron chi connectivity index (χ4n) is 3.96. The normalized spacial score (nSPS) is 39.5. The van der Waals surface area contributed by atoms with E-state index in [9.17, 15) is 4.79 Å². The maximum atomic E-state index is 12.5. The van der Waals surface area contributed by atoms with Gasteiger partial charge in [0.1, 0.15) is 5.78 Å². The zero-order chi connectivity index (χ0) is 11.8. The topological polar surface area (TPSA) is 29.5 Å². The van der Waals surface area contributed by atoms with Crippen molar-refractivity contribution in [2.24, 2.45) is 11.8 Å². The van der Waals surface area contributed by atoms with Gasteiger partial charge in [0.15, 0.2) is 0 Å². The minimum Gasteiger partial charge on any atom is -0.381 e. The molecule has 0 saturated carbocycles. The third-order valence-corrected chi connectivity index (χ3v) is 5.12. The summed E-state index contributed by atoms with van der Waals surface area (Å²) < 4.78 is 5.35. The lowest BCUT2D eigenvalue weighted by Gasteiger charge is -2.37. The Bertz CT molecular complexity index is 285. The molecule has 3 nitrogen and oxygen atoms in total. The zero-order valence-corrected chi connectivity index (χ0v) is 10.7. The van der Waals surface area contributed by atoms with Gasteiger partial charge < -0.3 is 9.64 Å². The van der Waals surface area contributed by atoms with E-state index < -0.39 is 0 Å². The summed E-state index contributed by atoms with van der Waals surface area (Å²) in [6, 6.07) is 1.37. The van der Waals surface area contributed by atoms with Gasteiger partial charge in [0, 0.05) is 37.1 Å². The number of fused-ring (bicyclic) bond motifs is 2. The predicted molar refractivity (Wildman–Crippen MR) is 65.8 cm³/mol. The van der Waals surface area contributed by atoms with E-state index in [0.717, 1.165) is 38.9 Å². The molecular weight excluding hydrogens is 214 g/mol. The molecule has 3 aliphatic heterocycles. The standard InChI is InChI=1S/C14H23NO2/c1-15-12-2-3-13(15)9-11(8-12)14(16)10-4-6-17-7-5-10/h10-13H,2-9H2,1H3. The van der Waals surface area contributed by atoms with Crippen molar-refractivity contribution < 1.29 is 9.53 Å². The molecule has 2 unspecified atom stereocenters. The van der Waals surface area contributed by atoms with Crippen molar-refractivity contribution in [1.82, 2.24) is 4.90 Å². The van der Waals surface area contributed by atoms with Crippen molar-refractivity contribution >= 4 is 5.78 Å². The average Bonchev–Trinajstić information content (AvgIpc) is 2.61. The van der Waals surface area contributed by atoms with Crippen LogP contribution in [0.4, 0.5) is 0 Å². The van der Waals surface area contributed by atoms with Crippen LogP contribution in [0.5, 0.6) is 0 Å². The maximum absolute atomic E-state index is 12.5. The Balaban J connectivity index is 1.63. The third kappa shape index (κ3) is 2.15. The van der Waals surface area contributed by atoms with Gasteiger partial charge in [0.2, 0.25) is 0 Å². The molecule has 3 saturated heterocycles. The Hall–Kier alpha value is -0.410. The highest BCUT2D eigenvalue weighted by atomic mass is 16.5. The van der Waals surface area contributed by atoms with E-state index in [-0.39, 0.29) is 0 Å². The van der Waals surface area contributed by atoms with Crippen molar-refractivity contribution in [2.75, 3.05) is 20.3 Å². The average molecular weight is 237 g/mol. The van der Waals surface area contributed by atoms with Crippen molar-refractivity contribution in [3.8, 4) is 0 Å². The van der Waals surface area contributed by atoms with Gasteiger partial charge in [-0.05, 0) is 45.6 Å². The van der Waals surface area contributed by atoms with Gasteiger partial charge >= 0.3 is 0 Å². The van der Waals surface area contributed by atoms with E-state index in [1.807, 2.05) is 0 Å². The Morgan fingerprint density at radius 2 is 1.59 bits per heavy atom. The molecule has 0 radical (unpaired) electrons. The fraction of sp³-hybridized carbons (Fsp3) is 0.929. The third-order valence-electron chi connectivity index (χ3n) is 5.12. The second-order valence-corrected chi connectivity index (χ2v) is 6.01. The summed E-state index contributed by atoms with van der Waals surface area (Å²) in [7, 11) is 2.23. The molecule has 3 aliphatic rings. The predicted octanol–water partition coefficient (Wildman–Crippen LogP) is 1.85. The van der Waals surface area contributed by atoms with Gasteiger partial charge in [-0.1, -0.05) is 0 Å². The SMILES string of the molecule is CN1C2CCC1CC(C(=O)C1CCOCC1)C2. The molecule has 0 aromatic heterocycles. The number of carbonyl (C=O) groups excluding carboxylic acids is 1. The number of piperidine rings is 1. The van der Waals surface area contributed by atoms with Crippen LogP contribution in [-0.4, -0.2) is 43.0 Å².